The maximum absolute atomic E-state index is 12.5. The number of rotatable bonds is 2. The summed E-state index contributed by atoms with van der Waals surface area (Å²) in [7, 11) is 0. The summed E-state index contributed by atoms with van der Waals surface area (Å²) in [4.78, 5) is 28.3. The van der Waals surface area contributed by atoms with Crippen molar-refractivity contribution in [3.8, 4) is 0 Å². The van der Waals surface area contributed by atoms with Crippen LogP contribution in [-0.4, -0.2) is 39.5 Å². The van der Waals surface area contributed by atoms with E-state index in [-0.39, 0.29) is 5.91 Å². The third-order valence-corrected chi connectivity index (χ3v) is 3.81. The molecule has 2 N–H and O–H groups in total. The first kappa shape index (κ1) is 12.7. The summed E-state index contributed by atoms with van der Waals surface area (Å²) in [5, 5.41) is 10.2. The molecule has 1 aromatic heterocycles. The molecule has 3 rings (SSSR count). The fourth-order valence-electron chi connectivity index (χ4n) is 2.77. The molecule has 0 saturated carbocycles. The molecule has 5 nitrogen and oxygen atoms in total. The number of aromatic amines is 1. The lowest BCUT2D eigenvalue weighted by molar-refractivity contribution is -0.143. The van der Waals surface area contributed by atoms with Crippen molar-refractivity contribution in [1.82, 2.24) is 9.88 Å². The molecule has 1 saturated heterocycles. The number of amides is 1. The molecule has 5 heteroatoms. The summed E-state index contributed by atoms with van der Waals surface area (Å²) in [5.74, 6) is -1.15. The molecule has 1 fully saturated rings. The number of carbonyl (C=O) groups excluding carboxylic acids is 1. The smallest absolute Gasteiger partial charge is 0.326 e. The maximum atomic E-state index is 12.5. The average Bonchev–Trinajstić information content (AvgIpc) is 2.90. The molecule has 1 aromatic carbocycles. The van der Waals surface area contributed by atoms with Crippen LogP contribution in [0, 0.1) is 0 Å². The Morgan fingerprint density at radius 3 is 2.80 bits per heavy atom. The SMILES string of the molecule is O=C(O)C1CCCCN1C(=O)c1cc2ccccc2[nH]1. The number of benzene rings is 1. The molecular weight excluding hydrogens is 256 g/mol. The first-order chi connectivity index (χ1) is 9.66. The van der Waals surface area contributed by atoms with E-state index in [1.807, 2.05) is 24.3 Å². The summed E-state index contributed by atoms with van der Waals surface area (Å²) in [6, 6.07) is 8.71. The molecule has 104 valence electrons. The molecule has 1 amide bonds. The highest BCUT2D eigenvalue weighted by molar-refractivity contribution is 5.99. The second-order valence-electron chi connectivity index (χ2n) is 5.12. The van der Waals surface area contributed by atoms with Crippen LogP contribution in [0.4, 0.5) is 0 Å². The van der Waals surface area contributed by atoms with Crippen LogP contribution >= 0.6 is 0 Å². The monoisotopic (exact) mass is 272 g/mol. The van der Waals surface area contributed by atoms with Gasteiger partial charge in [0.1, 0.15) is 11.7 Å². The van der Waals surface area contributed by atoms with Crippen molar-refractivity contribution in [2.24, 2.45) is 0 Å². The Bertz CT molecular complexity index is 629. The molecule has 0 spiro atoms. The van der Waals surface area contributed by atoms with Crippen molar-refractivity contribution in [3.05, 3.63) is 36.0 Å². The zero-order chi connectivity index (χ0) is 14.1. The lowest BCUT2D eigenvalue weighted by atomic mass is 10.0. The second-order valence-corrected chi connectivity index (χ2v) is 5.12. The minimum Gasteiger partial charge on any atom is -0.480 e. The molecule has 0 aliphatic carbocycles. The van der Waals surface area contributed by atoms with E-state index in [4.69, 9.17) is 0 Å². The number of aromatic nitrogens is 1. The summed E-state index contributed by atoms with van der Waals surface area (Å²) < 4.78 is 0. The third kappa shape index (κ3) is 2.15. The minimum absolute atomic E-state index is 0.228. The van der Waals surface area contributed by atoms with Crippen LogP contribution in [0.1, 0.15) is 29.8 Å². The molecule has 2 heterocycles. The van der Waals surface area contributed by atoms with Crippen molar-refractivity contribution in [1.29, 1.82) is 0 Å². The van der Waals surface area contributed by atoms with Crippen LogP contribution in [0.2, 0.25) is 0 Å². The fraction of sp³-hybridized carbons (Fsp3) is 0.333. The molecular formula is C15H16N2O3. The van der Waals surface area contributed by atoms with Crippen LogP contribution in [-0.2, 0) is 4.79 Å². The van der Waals surface area contributed by atoms with E-state index in [9.17, 15) is 14.7 Å². The summed E-state index contributed by atoms with van der Waals surface area (Å²) in [5.41, 5.74) is 1.35. The van der Waals surface area contributed by atoms with Crippen molar-refractivity contribution >= 4 is 22.8 Å². The third-order valence-electron chi connectivity index (χ3n) is 3.81. The van der Waals surface area contributed by atoms with E-state index in [1.165, 1.54) is 4.90 Å². The van der Waals surface area contributed by atoms with Crippen LogP contribution in [0.15, 0.2) is 30.3 Å². The van der Waals surface area contributed by atoms with Crippen LogP contribution < -0.4 is 0 Å². The number of carbonyl (C=O) groups is 2. The highest BCUT2D eigenvalue weighted by atomic mass is 16.4. The molecule has 1 aliphatic rings. The molecule has 1 aliphatic heterocycles. The normalized spacial score (nSPS) is 19.2. The van der Waals surface area contributed by atoms with Crippen LogP contribution in [0.5, 0.6) is 0 Å². The number of carboxylic acids is 1. The summed E-state index contributed by atoms with van der Waals surface area (Å²) >= 11 is 0. The van der Waals surface area contributed by atoms with Crippen LogP contribution in [0.25, 0.3) is 10.9 Å². The highest BCUT2D eigenvalue weighted by Gasteiger charge is 2.32. The standard InChI is InChI=1S/C15H16N2O3/c18-14(17-8-4-3-7-13(17)15(19)20)12-9-10-5-1-2-6-11(10)16-12/h1-2,5-6,9,13,16H,3-4,7-8H2,(H,19,20). The zero-order valence-electron chi connectivity index (χ0n) is 11.0. The molecule has 1 unspecified atom stereocenters. The number of nitrogens with one attached hydrogen (secondary N) is 1. The number of aliphatic carboxylic acids is 1. The number of likely N-dealkylation sites (tertiary alicyclic amines) is 1. The van der Waals surface area contributed by atoms with Crippen molar-refractivity contribution in [3.63, 3.8) is 0 Å². The van der Waals surface area contributed by atoms with E-state index < -0.39 is 12.0 Å². The Labute approximate surface area is 116 Å². The fourth-order valence-corrected chi connectivity index (χ4v) is 2.77. The second kappa shape index (κ2) is 5.00. The van der Waals surface area contributed by atoms with Crippen molar-refractivity contribution < 1.29 is 14.7 Å². The molecule has 0 bridgehead atoms. The molecule has 2 aromatic rings. The Kier molecular flexibility index (Phi) is 3.18. The quantitative estimate of drug-likeness (QED) is 0.880. The Balaban J connectivity index is 1.92. The van der Waals surface area contributed by atoms with Gasteiger partial charge in [-0.25, -0.2) is 4.79 Å². The zero-order valence-corrected chi connectivity index (χ0v) is 11.0. The number of piperidine rings is 1. The maximum Gasteiger partial charge on any atom is 0.326 e. The highest BCUT2D eigenvalue weighted by Crippen LogP contribution is 2.22. The number of para-hydroxylation sites is 1. The number of fused-ring (bicyclic) bond motifs is 1. The van der Waals surface area contributed by atoms with Crippen LogP contribution in [0.3, 0.4) is 0 Å². The van der Waals surface area contributed by atoms with E-state index in [1.54, 1.807) is 6.07 Å². The first-order valence-corrected chi connectivity index (χ1v) is 6.78. The molecule has 1 atom stereocenters. The van der Waals surface area contributed by atoms with E-state index in [0.717, 1.165) is 23.7 Å². The average molecular weight is 272 g/mol. The topological polar surface area (TPSA) is 73.4 Å². The van der Waals surface area contributed by atoms with Gasteiger partial charge < -0.3 is 15.0 Å². The lowest BCUT2D eigenvalue weighted by Gasteiger charge is -2.32. The predicted octanol–water partition coefficient (Wildman–Crippen LogP) is 2.25. The largest absolute Gasteiger partial charge is 0.480 e. The number of hydrogen-bond acceptors (Lipinski definition) is 2. The summed E-state index contributed by atoms with van der Waals surface area (Å²) in [6.07, 6.45) is 2.24. The van der Waals surface area contributed by atoms with E-state index in [2.05, 4.69) is 4.98 Å². The van der Waals surface area contributed by atoms with Gasteiger partial charge in [-0.05, 0) is 31.4 Å². The van der Waals surface area contributed by atoms with Gasteiger partial charge in [-0.2, -0.15) is 0 Å². The number of nitrogens with zero attached hydrogens (tertiary/aromatic N) is 1. The number of hydrogen-bond donors (Lipinski definition) is 2. The van der Waals surface area contributed by atoms with Gasteiger partial charge in [0.2, 0.25) is 0 Å². The van der Waals surface area contributed by atoms with Gasteiger partial charge in [-0.3, -0.25) is 4.79 Å². The van der Waals surface area contributed by atoms with E-state index in [0.29, 0.717) is 18.7 Å². The van der Waals surface area contributed by atoms with Gasteiger partial charge in [0.15, 0.2) is 0 Å². The first-order valence-electron chi connectivity index (χ1n) is 6.78. The lowest BCUT2D eigenvalue weighted by Crippen LogP contribution is -2.48. The van der Waals surface area contributed by atoms with Crippen molar-refractivity contribution in [2.45, 2.75) is 25.3 Å². The van der Waals surface area contributed by atoms with Gasteiger partial charge in [0.25, 0.3) is 5.91 Å². The molecule has 20 heavy (non-hydrogen) atoms. The molecule has 0 radical (unpaired) electrons. The minimum atomic E-state index is -0.922. The van der Waals surface area contributed by atoms with Crippen molar-refractivity contribution in [2.75, 3.05) is 6.54 Å². The Morgan fingerprint density at radius 2 is 2.05 bits per heavy atom. The predicted molar refractivity (Wildman–Crippen MR) is 74.6 cm³/mol. The van der Waals surface area contributed by atoms with Gasteiger partial charge >= 0.3 is 5.97 Å². The number of H-pyrrole nitrogens is 1. The van der Waals surface area contributed by atoms with Gasteiger partial charge in [-0.15, -0.1) is 0 Å². The van der Waals surface area contributed by atoms with Gasteiger partial charge in [-0.1, -0.05) is 18.2 Å². The summed E-state index contributed by atoms with van der Waals surface area (Å²) in [6.45, 7) is 0.505. The number of carboxylic acid groups (broad SMARTS) is 1. The van der Waals surface area contributed by atoms with Gasteiger partial charge in [0.05, 0.1) is 0 Å². The van der Waals surface area contributed by atoms with Gasteiger partial charge in [0, 0.05) is 17.4 Å². The Morgan fingerprint density at radius 1 is 1.25 bits per heavy atom. The van der Waals surface area contributed by atoms with E-state index >= 15 is 0 Å². The Hall–Kier alpha value is -2.30.